The lowest BCUT2D eigenvalue weighted by molar-refractivity contribution is -0.390. The number of hydrogen-bond donors (Lipinski definition) is 0. The molecule has 3 rings (SSSR count). The number of fused-ring (bicyclic) bond motifs is 1. The van der Waals surface area contributed by atoms with E-state index in [1.54, 1.807) is 18.2 Å². The second-order valence-electron chi connectivity index (χ2n) is 4.54. The van der Waals surface area contributed by atoms with Crippen molar-refractivity contribution in [3.8, 4) is 5.75 Å². The van der Waals surface area contributed by atoms with Crippen LogP contribution in [0.4, 0.5) is 14.6 Å². The zero-order chi connectivity index (χ0) is 16.4. The lowest BCUT2D eigenvalue weighted by Crippen LogP contribution is -2.08. The standard InChI is InChI=1S/C14H10F2N4O3/c15-14(16)19-10-5-2-1-4-9(10)18-12(19)8-23-11-6-3-7-17-13(11)20(21)22/h1-7,14H,8H2. The van der Waals surface area contributed by atoms with Crippen molar-refractivity contribution < 1.29 is 18.4 Å². The Hall–Kier alpha value is -3.10. The van der Waals surface area contributed by atoms with Gasteiger partial charge in [0.25, 0.3) is 0 Å². The fourth-order valence-corrected chi connectivity index (χ4v) is 2.19. The molecular formula is C14H10F2N4O3. The number of benzene rings is 1. The Labute approximate surface area is 128 Å². The van der Waals surface area contributed by atoms with Gasteiger partial charge in [0.1, 0.15) is 12.8 Å². The summed E-state index contributed by atoms with van der Waals surface area (Å²) >= 11 is 0. The maximum Gasteiger partial charge on any atom is 0.406 e. The summed E-state index contributed by atoms with van der Waals surface area (Å²) in [5.41, 5.74) is 0.661. The van der Waals surface area contributed by atoms with Gasteiger partial charge >= 0.3 is 12.4 Å². The van der Waals surface area contributed by atoms with Crippen molar-refractivity contribution in [1.29, 1.82) is 0 Å². The van der Waals surface area contributed by atoms with Gasteiger partial charge in [0.2, 0.25) is 5.75 Å². The van der Waals surface area contributed by atoms with Gasteiger partial charge in [-0.1, -0.05) is 12.1 Å². The molecule has 9 heteroatoms. The van der Waals surface area contributed by atoms with E-state index < -0.39 is 17.3 Å². The van der Waals surface area contributed by atoms with Crippen molar-refractivity contribution in [2.45, 2.75) is 13.2 Å². The van der Waals surface area contributed by atoms with Gasteiger partial charge in [-0.3, -0.25) is 4.57 Å². The van der Waals surface area contributed by atoms with Crippen LogP contribution in [0.3, 0.4) is 0 Å². The molecule has 0 N–H and O–H groups in total. The number of rotatable bonds is 5. The fraction of sp³-hybridized carbons (Fsp3) is 0.143. The minimum Gasteiger partial charge on any atom is -0.478 e. The molecule has 0 aliphatic carbocycles. The third kappa shape index (κ3) is 2.80. The van der Waals surface area contributed by atoms with Crippen LogP contribution in [0.5, 0.6) is 5.75 Å². The largest absolute Gasteiger partial charge is 0.478 e. The number of hydrogen-bond acceptors (Lipinski definition) is 5. The molecule has 0 bridgehead atoms. The zero-order valence-corrected chi connectivity index (χ0v) is 11.6. The second-order valence-corrected chi connectivity index (χ2v) is 4.54. The summed E-state index contributed by atoms with van der Waals surface area (Å²) in [6, 6.07) is 9.23. The summed E-state index contributed by atoms with van der Waals surface area (Å²) in [5, 5.41) is 10.9. The molecule has 0 fully saturated rings. The molecule has 0 amide bonds. The second kappa shape index (κ2) is 5.95. The normalized spacial score (nSPS) is 11.1. The van der Waals surface area contributed by atoms with E-state index >= 15 is 0 Å². The average molecular weight is 320 g/mol. The van der Waals surface area contributed by atoms with Crippen molar-refractivity contribution in [3.05, 3.63) is 58.5 Å². The minimum absolute atomic E-state index is 0.0284. The number of halogens is 2. The lowest BCUT2D eigenvalue weighted by Gasteiger charge is -2.09. The molecule has 0 saturated heterocycles. The highest BCUT2D eigenvalue weighted by Gasteiger charge is 2.20. The SMILES string of the molecule is O=[N+]([O-])c1ncccc1OCc1nc2ccccc2n1C(F)F. The number of nitrogens with zero attached hydrogens (tertiary/aromatic N) is 4. The van der Waals surface area contributed by atoms with Crippen LogP contribution in [0.1, 0.15) is 12.4 Å². The fourth-order valence-electron chi connectivity index (χ4n) is 2.19. The van der Waals surface area contributed by atoms with Gasteiger partial charge in [-0.2, -0.15) is 8.78 Å². The summed E-state index contributed by atoms with van der Waals surface area (Å²) in [4.78, 5) is 17.9. The first-order valence-electron chi connectivity index (χ1n) is 6.54. The highest BCUT2D eigenvalue weighted by Crippen LogP contribution is 2.26. The first-order chi connectivity index (χ1) is 11.1. The van der Waals surface area contributed by atoms with Crippen molar-refractivity contribution in [2.24, 2.45) is 0 Å². The Morgan fingerprint density at radius 1 is 1.26 bits per heavy atom. The van der Waals surface area contributed by atoms with Gasteiger partial charge in [-0.05, 0) is 34.2 Å². The molecule has 0 atom stereocenters. The number of nitro groups is 1. The molecule has 3 aromatic rings. The third-order valence-electron chi connectivity index (χ3n) is 3.14. The Kier molecular flexibility index (Phi) is 3.83. The van der Waals surface area contributed by atoms with Crippen molar-refractivity contribution >= 4 is 16.9 Å². The Bertz CT molecular complexity index is 866. The van der Waals surface area contributed by atoms with Crippen LogP contribution in [0.15, 0.2) is 42.6 Å². The highest BCUT2D eigenvalue weighted by molar-refractivity contribution is 5.75. The van der Waals surface area contributed by atoms with E-state index in [9.17, 15) is 18.9 Å². The molecule has 23 heavy (non-hydrogen) atoms. The number of imidazole rings is 1. The zero-order valence-electron chi connectivity index (χ0n) is 11.6. The molecular weight excluding hydrogens is 310 g/mol. The number of alkyl halides is 2. The molecule has 0 radical (unpaired) electrons. The molecule has 7 nitrogen and oxygen atoms in total. The van der Waals surface area contributed by atoms with Crippen molar-refractivity contribution in [1.82, 2.24) is 14.5 Å². The van der Waals surface area contributed by atoms with Crippen LogP contribution in [0.25, 0.3) is 11.0 Å². The lowest BCUT2D eigenvalue weighted by atomic mass is 10.3. The van der Waals surface area contributed by atoms with E-state index in [0.717, 1.165) is 4.57 Å². The van der Waals surface area contributed by atoms with E-state index in [1.807, 2.05) is 0 Å². The molecule has 2 aromatic heterocycles. The van der Waals surface area contributed by atoms with Gasteiger partial charge in [-0.25, -0.2) is 4.98 Å². The smallest absolute Gasteiger partial charge is 0.406 e. The summed E-state index contributed by atoms with van der Waals surface area (Å²) in [6.45, 7) is -3.14. The van der Waals surface area contributed by atoms with E-state index in [2.05, 4.69) is 9.97 Å². The summed E-state index contributed by atoms with van der Waals surface area (Å²) < 4.78 is 32.6. The van der Waals surface area contributed by atoms with Crippen LogP contribution in [0.2, 0.25) is 0 Å². The van der Waals surface area contributed by atoms with E-state index in [-0.39, 0.29) is 23.7 Å². The first kappa shape index (κ1) is 14.8. The highest BCUT2D eigenvalue weighted by atomic mass is 19.3. The predicted octanol–water partition coefficient (Wildman–Crippen LogP) is 3.31. The molecule has 0 spiro atoms. The van der Waals surface area contributed by atoms with Crippen LogP contribution in [0, 0.1) is 10.1 Å². The molecule has 0 unspecified atom stereocenters. The van der Waals surface area contributed by atoms with Crippen LogP contribution in [-0.4, -0.2) is 19.5 Å². The van der Waals surface area contributed by atoms with Crippen molar-refractivity contribution in [2.75, 3.05) is 0 Å². The van der Waals surface area contributed by atoms with Crippen LogP contribution in [-0.2, 0) is 6.61 Å². The predicted molar refractivity (Wildman–Crippen MR) is 76.2 cm³/mol. The Morgan fingerprint density at radius 2 is 2.04 bits per heavy atom. The molecule has 1 aromatic carbocycles. The Balaban J connectivity index is 1.94. The van der Waals surface area contributed by atoms with Crippen molar-refractivity contribution in [3.63, 3.8) is 0 Å². The maximum absolute atomic E-state index is 13.3. The van der Waals surface area contributed by atoms with Gasteiger partial charge in [0.05, 0.1) is 11.0 Å². The average Bonchev–Trinajstić information content (AvgIpc) is 2.91. The minimum atomic E-state index is -2.80. The molecule has 2 heterocycles. The van der Waals surface area contributed by atoms with E-state index in [0.29, 0.717) is 5.52 Å². The van der Waals surface area contributed by atoms with Crippen LogP contribution >= 0.6 is 0 Å². The van der Waals surface area contributed by atoms with Gasteiger partial charge in [0.15, 0.2) is 5.82 Å². The monoisotopic (exact) mass is 320 g/mol. The molecule has 0 aliphatic rings. The quantitative estimate of drug-likeness (QED) is 0.532. The van der Waals surface area contributed by atoms with Gasteiger partial charge in [-0.15, -0.1) is 0 Å². The summed E-state index contributed by atoms with van der Waals surface area (Å²) in [5.74, 6) is -0.614. The molecule has 0 saturated carbocycles. The van der Waals surface area contributed by atoms with Gasteiger partial charge in [0, 0.05) is 0 Å². The molecule has 118 valence electrons. The topological polar surface area (TPSA) is 83.1 Å². The number of aromatic nitrogens is 3. The summed E-state index contributed by atoms with van der Waals surface area (Å²) in [7, 11) is 0. The summed E-state index contributed by atoms with van der Waals surface area (Å²) in [6.07, 6.45) is 1.25. The first-order valence-corrected chi connectivity index (χ1v) is 6.54. The Morgan fingerprint density at radius 3 is 2.78 bits per heavy atom. The van der Waals surface area contributed by atoms with Gasteiger partial charge < -0.3 is 14.9 Å². The number of para-hydroxylation sites is 2. The molecule has 0 aliphatic heterocycles. The van der Waals surface area contributed by atoms with E-state index in [4.69, 9.17) is 4.74 Å². The number of ether oxygens (including phenoxy) is 1. The van der Waals surface area contributed by atoms with Crippen LogP contribution < -0.4 is 4.74 Å². The number of pyridine rings is 1. The maximum atomic E-state index is 13.3. The van der Waals surface area contributed by atoms with E-state index in [1.165, 1.54) is 24.4 Å². The third-order valence-corrected chi connectivity index (χ3v) is 3.14.